The minimum absolute atomic E-state index is 0.161. The zero-order valence-corrected chi connectivity index (χ0v) is 15.1. The molecule has 0 unspecified atom stereocenters. The maximum atomic E-state index is 6.19. The van der Waals surface area contributed by atoms with E-state index in [-0.39, 0.29) is 11.1 Å². The molecule has 4 heteroatoms. The zero-order chi connectivity index (χ0) is 16.1. The third kappa shape index (κ3) is 5.21. The van der Waals surface area contributed by atoms with Gasteiger partial charge in [-0.25, -0.2) is 0 Å². The van der Waals surface area contributed by atoms with Gasteiger partial charge in [0.15, 0.2) is 8.32 Å². The molecule has 3 nitrogen and oxygen atoms in total. The van der Waals surface area contributed by atoms with E-state index in [2.05, 4.69) is 40.4 Å². The Morgan fingerprint density at radius 3 is 2.38 bits per heavy atom. The van der Waals surface area contributed by atoms with Crippen molar-refractivity contribution < 1.29 is 13.9 Å². The Bertz CT molecular complexity index is 463. The number of methoxy groups -OCH3 is 1. The molecule has 1 aromatic carbocycles. The molecule has 0 amide bonds. The van der Waals surface area contributed by atoms with Crippen LogP contribution in [0.4, 0.5) is 0 Å². The molecule has 0 saturated heterocycles. The molecule has 0 spiro atoms. The zero-order valence-electron chi connectivity index (χ0n) is 14.1. The molecule has 0 radical (unpaired) electrons. The lowest BCUT2D eigenvalue weighted by Crippen LogP contribution is -2.43. The van der Waals surface area contributed by atoms with E-state index in [0.29, 0.717) is 6.61 Å². The van der Waals surface area contributed by atoms with Crippen molar-refractivity contribution in [1.29, 1.82) is 0 Å². The molecule has 1 rings (SSSR count). The summed E-state index contributed by atoms with van der Waals surface area (Å²) in [6.07, 6.45) is 1.62. The predicted octanol–water partition coefficient (Wildman–Crippen LogP) is 4.65. The van der Waals surface area contributed by atoms with Gasteiger partial charge in [0.25, 0.3) is 0 Å². The molecule has 0 N–H and O–H groups in total. The SMILES string of the molecule is C=C[C@@H](CO[Si](C)(C)C(C)(C)C)Oc1cccc(OC)c1. The van der Waals surface area contributed by atoms with E-state index in [1.807, 2.05) is 24.3 Å². The maximum Gasteiger partial charge on any atom is 0.192 e. The van der Waals surface area contributed by atoms with E-state index < -0.39 is 8.32 Å². The van der Waals surface area contributed by atoms with E-state index in [0.717, 1.165) is 11.5 Å². The molecule has 0 bridgehead atoms. The standard InChI is InChI=1S/C17H28O3Si/c1-8-14(13-19-21(6,7)17(2,3)4)20-16-11-9-10-15(12-16)18-5/h8-12,14H,1,13H2,2-7H3/t14-/m0/s1. The number of hydrogen-bond acceptors (Lipinski definition) is 3. The Balaban J connectivity index is 2.66. The van der Waals surface area contributed by atoms with E-state index in [1.165, 1.54) is 0 Å². The number of rotatable bonds is 7. The Kier molecular flexibility index (Phi) is 6.05. The first-order chi connectivity index (χ1) is 9.69. The molecule has 0 aliphatic rings. The number of benzene rings is 1. The van der Waals surface area contributed by atoms with Crippen molar-refractivity contribution in [1.82, 2.24) is 0 Å². The molecule has 0 saturated carbocycles. The van der Waals surface area contributed by atoms with Gasteiger partial charge in [-0.2, -0.15) is 0 Å². The van der Waals surface area contributed by atoms with Gasteiger partial charge in [-0.1, -0.05) is 33.4 Å². The largest absolute Gasteiger partial charge is 0.497 e. The first kappa shape index (κ1) is 17.8. The van der Waals surface area contributed by atoms with Crippen LogP contribution in [0.1, 0.15) is 20.8 Å². The predicted molar refractivity (Wildman–Crippen MR) is 90.8 cm³/mol. The van der Waals surface area contributed by atoms with Gasteiger partial charge in [-0.15, -0.1) is 0 Å². The van der Waals surface area contributed by atoms with Crippen LogP contribution < -0.4 is 9.47 Å². The molecule has 21 heavy (non-hydrogen) atoms. The molecule has 1 aromatic rings. The molecule has 118 valence electrons. The van der Waals surface area contributed by atoms with E-state index in [9.17, 15) is 0 Å². The lowest BCUT2D eigenvalue weighted by atomic mass is 10.2. The van der Waals surface area contributed by atoms with E-state index in [4.69, 9.17) is 13.9 Å². The van der Waals surface area contributed by atoms with Crippen LogP contribution in [-0.2, 0) is 4.43 Å². The second-order valence-electron chi connectivity index (χ2n) is 6.64. The quantitative estimate of drug-likeness (QED) is 0.542. The third-order valence-corrected chi connectivity index (χ3v) is 8.51. The molecule has 0 fully saturated rings. The highest BCUT2D eigenvalue weighted by Gasteiger charge is 2.37. The summed E-state index contributed by atoms with van der Waals surface area (Å²) in [6.45, 7) is 15.5. The summed E-state index contributed by atoms with van der Waals surface area (Å²) in [5.74, 6) is 1.54. The van der Waals surface area contributed by atoms with Crippen molar-refractivity contribution in [2.24, 2.45) is 0 Å². The topological polar surface area (TPSA) is 27.7 Å². The Morgan fingerprint density at radius 1 is 1.24 bits per heavy atom. The van der Waals surface area contributed by atoms with Crippen LogP contribution in [0.15, 0.2) is 36.9 Å². The van der Waals surface area contributed by atoms with Crippen LogP contribution in [0.2, 0.25) is 18.1 Å². The summed E-state index contributed by atoms with van der Waals surface area (Å²) in [7, 11) is -0.128. The van der Waals surface area contributed by atoms with Gasteiger partial charge in [-0.05, 0) is 36.3 Å². The first-order valence-electron chi connectivity index (χ1n) is 7.27. The fourth-order valence-corrected chi connectivity index (χ4v) is 2.52. The molecule has 0 heterocycles. The minimum atomic E-state index is -1.77. The monoisotopic (exact) mass is 308 g/mol. The molecule has 1 atom stereocenters. The van der Waals surface area contributed by atoms with Crippen LogP contribution in [0.5, 0.6) is 11.5 Å². The van der Waals surface area contributed by atoms with Crippen molar-refractivity contribution in [2.75, 3.05) is 13.7 Å². The van der Waals surface area contributed by atoms with Crippen molar-refractivity contribution in [2.45, 2.75) is 45.0 Å². The van der Waals surface area contributed by atoms with Crippen LogP contribution >= 0.6 is 0 Å². The van der Waals surface area contributed by atoms with Crippen LogP contribution in [0, 0.1) is 0 Å². The molecule has 0 aromatic heterocycles. The van der Waals surface area contributed by atoms with Crippen LogP contribution in [0.25, 0.3) is 0 Å². The summed E-state index contributed by atoms with van der Waals surface area (Å²) < 4.78 is 17.3. The molecular formula is C17H28O3Si. The highest BCUT2D eigenvalue weighted by atomic mass is 28.4. The molecular weight excluding hydrogens is 280 g/mol. The second-order valence-corrected chi connectivity index (χ2v) is 11.5. The maximum absolute atomic E-state index is 6.19. The van der Waals surface area contributed by atoms with E-state index >= 15 is 0 Å². The summed E-state index contributed by atoms with van der Waals surface area (Å²) in [5.41, 5.74) is 0. The summed E-state index contributed by atoms with van der Waals surface area (Å²) >= 11 is 0. The Labute approximate surface area is 130 Å². The van der Waals surface area contributed by atoms with Gasteiger partial charge in [0.05, 0.1) is 13.7 Å². The van der Waals surface area contributed by atoms with Gasteiger partial charge in [-0.3, -0.25) is 0 Å². The van der Waals surface area contributed by atoms with Gasteiger partial charge in [0.1, 0.15) is 17.6 Å². The molecule has 0 aliphatic heterocycles. The number of ether oxygens (including phenoxy) is 2. The summed E-state index contributed by atoms with van der Waals surface area (Å²) in [5, 5.41) is 0.189. The highest BCUT2D eigenvalue weighted by molar-refractivity contribution is 6.74. The minimum Gasteiger partial charge on any atom is -0.497 e. The van der Waals surface area contributed by atoms with Gasteiger partial charge in [0, 0.05) is 6.07 Å². The fraction of sp³-hybridized carbons (Fsp3) is 0.529. The van der Waals surface area contributed by atoms with Crippen molar-refractivity contribution >= 4 is 8.32 Å². The number of hydrogen-bond donors (Lipinski definition) is 0. The average molecular weight is 308 g/mol. The van der Waals surface area contributed by atoms with Gasteiger partial charge in [0.2, 0.25) is 0 Å². The van der Waals surface area contributed by atoms with Crippen LogP contribution in [0.3, 0.4) is 0 Å². The molecule has 0 aliphatic carbocycles. The third-order valence-electron chi connectivity index (χ3n) is 4.01. The lowest BCUT2D eigenvalue weighted by molar-refractivity contribution is 0.153. The normalized spacial score (nSPS) is 13.6. The highest BCUT2D eigenvalue weighted by Crippen LogP contribution is 2.36. The first-order valence-corrected chi connectivity index (χ1v) is 10.2. The Hall–Kier alpha value is -1.26. The lowest BCUT2D eigenvalue weighted by Gasteiger charge is -2.37. The summed E-state index contributed by atoms with van der Waals surface area (Å²) in [4.78, 5) is 0. The van der Waals surface area contributed by atoms with E-state index in [1.54, 1.807) is 13.2 Å². The Morgan fingerprint density at radius 2 is 1.86 bits per heavy atom. The van der Waals surface area contributed by atoms with Crippen molar-refractivity contribution in [3.63, 3.8) is 0 Å². The smallest absolute Gasteiger partial charge is 0.192 e. The summed E-state index contributed by atoms with van der Waals surface area (Å²) in [6, 6.07) is 7.57. The second kappa shape index (κ2) is 7.14. The average Bonchev–Trinajstić information content (AvgIpc) is 2.42. The van der Waals surface area contributed by atoms with Crippen molar-refractivity contribution in [3.05, 3.63) is 36.9 Å². The van der Waals surface area contributed by atoms with Crippen LogP contribution in [-0.4, -0.2) is 28.1 Å². The van der Waals surface area contributed by atoms with Gasteiger partial charge >= 0.3 is 0 Å². The fourth-order valence-electron chi connectivity index (χ4n) is 1.51. The van der Waals surface area contributed by atoms with Gasteiger partial charge < -0.3 is 13.9 Å². The van der Waals surface area contributed by atoms with Crippen molar-refractivity contribution in [3.8, 4) is 11.5 Å².